The molecular weight excluding hydrogens is 846 g/mol. The van der Waals surface area contributed by atoms with Gasteiger partial charge in [0.25, 0.3) is 12.3 Å². The van der Waals surface area contributed by atoms with Crippen molar-refractivity contribution in [3.05, 3.63) is 71.5 Å². The Morgan fingerprint density at radius 2 is 1.65 bits per heavy atom. The van der Waals surface area contributed by atoms with E-state index >= 15 is 8.78 Å². The minimum atomic E-state index is -4.47. The topological polar surface area (TPSA) is 171 Å². The molecule has 3 aromatic heterocycles. The van der Waals surface area contributed by atoms with E-state index in [0.29, 0.717) is 52.0 Å². The number of alkyl halides is 5. The number of oxazole rings is 1. The van der Waals surface area contributed by atoms with Gasteiger partial charge in [-0.1, -0.05) is 0 Å². The van der Waals surface area contributed by atoms with Gasteiger partial charge in [-0.25, -0.2) is 27.5 Å². The Morgan fingerprint density at radius 3 is 2.33 bits per heavy atom. The lowest BCUT2D eigenvalue weighted by molar-refractivity contribution is -0.137. The molecule has 15 nitrogen and oxygen atoms in total. The molecular formula is C41H43F7N10O5. The summed E-state index contributed by atoms with van der Waals surface area (Å²) >= 11 is 0. The van der Waals surface area contributed by atoms with Crippen LogP contribution in [0.5, 0.6) is 0 Å². The van der Waals surface area contributed by atoms with Crippen molar-refractivity contribution in [3.8, 4) is 11.5 Å². The molecule has 1 saturated carbocycles. The van der Waals surface area contributed by atoms with E-state index in [9.17, 15) is 41.1 Å². The van der Waals surface area contributed by atoms with E-state index in [1.807, 2.05) is 4.90 Å². The van der Waals surface area contributed by atoms with Crippen LogP contribution in [0.15, 0.2) is 47.3 Å². The second kappa shape index (κ2) is 18.0. The highest BCUT2D eigenvalue weighted by Gasteiger charge is 2.38. The van der Waals surface area contributed by atoms with Crippen LogP contribution in [0.4, 0.5) is 47.9 Å². The number of hydrogen-bond donors (Lipinski definition) is 3. The number of halogens is 7. The maximum absolute atomic E-state index is 15.2. The van der Waals surface area contributed by atoms with Gasteiger partial charge in [0.2, 0.25) is 23.6 Å². The first-order valence-corrected chi connectivity index (χ1v) is 20.6. The van der Waals surface area contributed by atoms with E-state index < -0.39 is 60.1 Å². The first-order chi connectivity index (χ1) is 30.1. The van der Waals surface area contributed by atoms with E-state index in [2.05, 4.69) is 35.9 Å². The highest BCUT2D eigenvalue weighted by Crippen LogP contribution is 2.37. The zero-order valence-corrected chi connectivity index (χ0v) is 33.6. The number of rotatable bonds is 11. The summed E-state index contributed by atoms with van der Waals surface area (Å²) in [5.74, 6) is -5.48. The number of carbonyl (C=O) groups excluding carboxylic acids is 4. The normalized spacial score (nSPS) is 22.4. The SMILES string of the molecule is O=C1CC[C@H](c2c(F)cc(N3CC[C@@H](C(=O)N4CCN(C5CCC(n6cc(NC(=O)c7coc(-c8ccnc(NCC(F)(F)F)c8)n7)c(C(F)F)n6)CC5)CC4)C3)cc2F)C(=O)N1. The fraction of sp³-hybridized carbons (Fsp3) is 0.488. The number of nitrogens with zero attached hydrogens (tertiary/aromatic N) is 7. The van der Waals surface area contributed by atoms with Gasteiger partial charge in [0.1, 0.15) is 30.3 Å². The Bertz CT molecular complexity index is 2330. The van der Waals surface area contributed by atoms with E-state index in [0.717, 1.165) is 19.1 Å². The lowest BCUT2D eigenvalue weighted by Crippen LogP contribution is -2.53. The van der Waals surface area contributed by atoms with Crippen molar-refractivity contribution in [1.82, 2.24) is 34.9 Å². The largest absolute Gasteiger partial charge is 0.444 e. The van der Waals surface area contributed by atoms with Crippen molar-refractivity contribution in [2.45, 2.75) is 75.5 Å². The Hall–Kier alpha value is -6.06. The van der Waals surface area contributed by atoms with Gasteiger partial charge in [0.05, 0.1) is 23.6 Å². The number of anilines is 3. The molecule has 0 bridgehead atoms. The smallest absolute Gasteiger partial charge is 0.405 e. The van der Waals surface area contributed by atoms with Crippen LogP contribution in [0.2, 0.25) is 0 Å². The minimum Gasteiger partial charge on any atom is -0.444 e. The molecule has 3 aliphatic heterocycles. The summed E-state index contributed by atoms with van der Waals surface area (Å²) in [4.78, 5) is 64.3. The summed E-state index contributed by atoms with van der Waals surface area (Å²) in [5.41, 5.74) is -0.921. The van der Waals surface area contributed by atoms with Gasteiger partial charge in [-0.3, -0.25) is 34.1 Å². The number of piperidine rings is 1. The number of aromatic nitrogens is 4. The zero-order valence-electron chi connectivity index (χ0n) is 33.6. The van der Waals surface area contributed by atoms with Crippen LogP contribution in [0.1, 0.15) is 85.1 Å². The van der Waals surface area contributed by atoms with E-state index in [1.54, 1.807) is 4.90 Å². The number of pyridine rings is 1. The molecule has 4 amide bonds. The Morgan fingerprint density at radius 1 is 0.937 bits per heavy atom. The third kappa shape index (κ3) is 9.79. The fourth-order valence-electron chi connectivity index (χ4n) is 8.90. The molecule has 22 heteroatoms. The fourth-order valence-corrected chi connectivity index (χ4v) is 8.90. The monoisotopic (exact) mass is 888 g/mol. The second-order valence-electron chi connectivity index (χ2n) is 16.2. The second-order valence-corrected chi connectivity index (χ2v) is 16.2. The molecule has 3 saturated heterocycles. The third-order valence-corrected chi connectivity index (χ3v) is 12.2. The average molecular weight is 889 g/mol. The van der Waals surface area contributed by atoms with Crippen LogP contribution in [-0.2, 0) is 14.4 Å². The Labute approximate surface area is 355 Å². The van der Waals surface area contributed by atoms with Crippen molar-refractivity contribution >= 4 is 40.8 Å². The van der Waals surface area contributed by atoms with E-state index in [1.165, 1.54) is 41.3 Å². The summed E-state index contributed by atoms with van der Waals surface area (Å²) in [7, 11) is 0. The van der Waals surface area contributed by atoms with Crippen LogP contribution in [0, 0.1) is 17.6 Å². The molecule has 336 valence electrons. The van der Waals surface area contributed by atoms with Gasteiger partial charge >= 0.3 is 6.18 Å². The number of nitrogens with one attached hydrogen (secondary N) is 3. The van der Waals surface area contributed by atoms with Crippen LogP contribution in [0.25, 0.3) is 11.5 Å². The van der Waals surface area contributed by atoms with E-state index in [4.69, 9.17) is 4.42 Å². The maximum Gasteiger partial charge on any atom is 0.405 e. The lowest BCUT2D eigenvalue weighted by atomic mass is 9.89. The molecule has 63 heavy (non-hydrogen) atoms. The van der Waals surface area contributed by atoms with Gasteiger partial charge in [-0.15, -0.1) is 0 Å². The van der Waals surface area contributed by atoms with Crippen LogP contribution in [-0.4, -0.2) is 111 Å². The predicted octanol–water partition coefficient (Wildman–Crippen LogP) is 6.05. The van der Waals surface area contributed by atoms with Crippen molar-refractivity contribution in [3.63, 3.8) is 0 Å². The zero-order chi connectivity index (χ0) is 44.6. The minimum absolute atomic E-state index is 0.00941. The molecule has 8 rings (SSSR count). The molecule has 1 aromatic carbocycles. The predicted molar refractivity (Wildman–Crippen MR) is 211 cm³/mol. The van der Waals surface area contributed by atoms with Gasteiger partial charge in [0, 0.05) is 80.9 Å². The molecule has 0 radical (unpaired) electrons. The number of imide groups is 1. The molecule has 0 spiro atoms. The lowest BCUT2D eigenvalue weighted by Gasteiger charge is -2.42. The van der Waals surface area contributed by atoms with Gasteiger partial charge in [-0.05, 0) is 62.8 Å². The number of carbonyl (C=O) groups is 4. The quantitative estimate of drug-likeness (QED) is 0.118. The van der Waals surface area contributed by atoms with Crippen molar-refractivity contribution < 1.29 is 54.3 Å². The van der Waals surface area contributed by atoms with Crippen molar-refractivity contribution in [2.24, 2.45) is 5.92 Å². The number of benzene rings is 1. The van der Waals surface area contributed by atoms with Crippen molar-refractivity contribution in [1.29, 1.82) is 0 Å². The molecule has 4 aromatic rings. The Kier molecular flexibility index (Phi) is 12.4. The van der Waals surface area contributed by atoms with Crippen LogP contribution in [0.3, 0.4) is 0 Å². The molecule has 1 aliphatic carbocycles. The molecule has 4 aliphatic rings. The molecule has 4 fully saturated rings. The summed E-state index contributed by atoms with van der Waals surface area (Å²) in [6.45, 7) is 1.70. The summed E-state index contributed by atoms with van der Waals surface area (Å²) in [6.07, 6.45) is -0.581. The van der Waals surface area contributed by atoms with E-state index in [-0.39, 0.29) is 83.2 Å². The average Bonchev–Trinajstić information content (AvgIpc) is 4.05. The van der Waals surface area contributed by atoms with Gasteiger partial charge < -0.3 is 24.9 Å². The van der Waals surface area contributed by atoms with Gasteiger partial charge in [-0.2, -0.15) is 18.3 Å². The van der Waals surface area contributed by atoms with Gasteiger partial charge in [0.15, 0.2) is 11.4 Å². The summed E-state index contributed by atoms with van der Waals surface area (Å²) in [5, 5.41) is 10.8. The third-order valence-electron chi connectivity index (χ3n) is 12.2. The van der Waals surface area contributed by atoms with Crippen LogP contribution < -0.4 is 20.9 Å². The number of hydrogen-bond acceptors (Lipinski definition) is 11. The highest BCUT2D eigenvalue weighted by molar-refractivity contribution is 6.03. The standard InChI is InChI=1S/C41H43F7N10O5/c42-28-16-26(17-29(43)34(28)27-5-6-33(59)53-37(27)60)57-10-8-23(18-57)40(62)56-13-11-55(12-14-56)24-1-3-25(4-2-24)58-19-30(35(54-58)36(44)45)51-38(61)31-20-63-39(52-31)22-7-9-49-32(15-22)50-21-41(46,47)48/h7,9,15-17,19-20,23-25,27,36H,1-6,8,10-14,18,21H2,(H,49,50)(H,51,61)(H,53,59,60)/t23-,24?,25?,27-/m1/s1. The number of piperazine rings is 1. The summed E-state index contributed by atoms with van der Waals surface area (Å²) in [6, 6.07) is 5.03. The Balaban J connectivity index is 0.810. The molecule has 3 N–H and O–H groups in total. The van der Waals surface area contributed by atoms with Crippen molar-refractivity contribution in [2.75, 3.05) is 61.3 Å². The first kappa shape index (κ1) is 43.6. The molecule has 0 unspecified atom stereocenters. The molecule has 2 atom stereocenters. The number of amides is 4. The molecule has 6 heterocycles. The highest BCUT2D eigenvalue weighted by atomic mass is 19.4. The first-order valence-electron chi connectivity index (χ1n) is 20.6. The van der Waals surface area contributed by atoms with Crippen LogP contribution >= 0.6 is 0 Å². The summed E-state index contributed by atoms with van der Waals surface area (Å²) < 4.78 is 103. The maximum atomic E-state index is 15.2.